The Labute approximate surface area is 247 Å². The molecule has 0 N–H and O–H groups in total. The minimum absolute atomic E-state index is 0.427. The first-order chi connectivity index (χ1) is 17.1. The molecule has 3 nitrogen and oxygen atoms in total. The molecule has 0 radical (unpaired) electrons. The van der Waals surface area contributed by atoms with Crippen LogP contribution in [0.4, 0.5) is 11.4 Å². The topological polar surface area (TPSA) is 37.1 Å². The van der Waals surface area contributed by atoms with Crippen molar-refractivity contribution in [1.29, 1.82) is 0 Å². The van der Waals surface area contributed by atoms with E-state index in [2.05, 4.69) is 139 Å². The molecule has 0 saturated carbocycles. The Hall–Kier alpha value is -0.831. The molecule has 196 valence electrons. The Morgan fingerprint density at radius 3 is 1.42 bits per heavy atom. The molecule has 1 aliphatic rings. The zero-order valence-corrected chi connectivity index (χ0v) is 28.1. The molecule has 0 aliphatic carbocycles. The van der Waals surface area contributed by atoms with Crippen LogP contribution in [0, 0.1) is 0 Å². The van der Waals surface area contributed by atoms with E-state index in [1.165, 1.54) is 30.7 Å². The predicted octanol–water partition coefficient (Wildman–Crippen LogP) is 10.8. The Bertz CT molecular complexity index is 1080. The van der Waals surface area contributed by atoms with Crippen molar-refractivity contribution in [3.63, 3.8) is 0 Å². The summed E-state index contributed by atoms with van der Waals surface area (Å²) in [6.45, 7) is 17.8. The minimum atomic E-state index is 0.427. The molecule has 0 bridgehead atoms. The quantitative estimate of drug-likeness (QED) is 0.146. The van der Waals surface area contributed by atoms with Crippen LogP contribution >= 0.6 is 40.7 Å². The first-order valence-corrected chi connectivity index (χ1v) is 19.7. The molecule has 0 unspecified atom stereocenters. The van der Waals surface area contributed by atoms with E-state index in [0.29, 0.717) is 23.7 Å². The number of hydrogen-bond acceptors (Lipinski definition) is 3. The van der Waals surface area contributed by atoms with Crippen molar-refractivity contribution >= 4 is 70.2 Å². The van der Waals surface area contributed by atoms with Crippen LogP contribution < -0.4 is 0 Å². The molecule has 0 saturated heterocycles. The van der Waals surface area contributed by atoms with Crippen LogP contribution in [-0.2, 0) is 8.46 Å². The van der Waals surface area contributed by atoms with Crippen molar-refractivity contribution in [2.75, 3.05) is 0 Å². The fourth-order valence-electron chi connectivity index (χ4n) is 4.22. The second-order valence-corrected chi connectivity index (χ2v) is 19.5. The van der Waals surface area contributed by atoms with Crippen LogP contribution in [0.25, 0.3) is 0 Å². The van der Waals surface area contributed by atoms with E-state index >= 15 is 0 Å². The second-order valence-electron chi connectivity index (χ2n) is 10.2. The van der Waals surface area contributed by atoms with E-state index in [4.69, 9.17) is 15.0 Å². The van der Waals surface area contributed by atoms with Crippen LogP contribution in [0.5, 0.6) is 0 Å². The first-order valence-electron chi connectivity index (χ1n) is 12.6. The van der Waals surface area contributed by atoms with E-state index in [-0.39, 0.29) is 0 Å². The summed E-state index contributed by atoms with van der Waals surface area (Å²) in [5.41, 5.74) is 9.22. The first kappa shape index (κ1) is 31.4. The average molecular weight is 751 g/mol. The average Bonchev–Trinajstić information content (AvgIpc) is 3.28. The molecule has 2 aromatic rings. The van der Waals surface area contributed by atoms with E-state index in [1.54, 1.807) is 0 Å². The molecule has 1 aliphatic heterocycles. The van der Waals surface area contributed by atoms with Gasteiger partial charge in [0.05, 0.1) is 29.0 Å². The molecule has 36 heavy (non-hydrogen) atoms. The Balaban J connectivity index is 0.00000145. The number of aliphatic imine (C=N–C) groups is 3. The van der Waals surface area contributed by atoms with Gasteiger partial charge in [0.25, 0.3) is 0 Å². The van der Waals surface area contributed by atoms with Crippen LogP contribution in [0.15, 0.2) is 63.1 Å². The van der Waals surface area contributed by atoms with E-state index in [0.717, 1.165) is 29.2 Å². The van der Waals surface area contributed by atoms with Gasteiger partial charge in [0.1, 0.15) is 0 Å². The summed E-state index contributed by atoms with van der Waals surface area (Å²) in [6.07, 6.45) is 6.77. The summed E-state index contributed by atoms with van der Waals surface area (Å²) in [4.78, 5) is 14.6. The molecule has 2 aromatic carbocycles. The van der Waals surface area contributed by atoms with Gasteiger partial charge in [-0.1, -0.05) is 97.9 Å². The maximum atomic E-state index is 4.92. The van der Waals surface area contributed by atoms with E-state index in [1.807, 2.05) is 12.4 Å². The van der Waals surface area contributed by atoms with Gasteiger partial charge in [0.15, 0.2) is 0 Å². The molecule has 0 amide bonds. The zero-order valence-electron chi connectivity index (χ0n) is 22.7. The van der Waals surface area contributed by atoms with Gasteiger partial charge in [-0.25, -0.2) is 0 Å². The Morgan fingerprint density at radius 1 is 0.694 bits per heavy atom. The van der Waals surface area contributed by atoms with Crippen molar-refractivity contribution < 1.29 is 8.46 Å². The monoisotopic (exact) mass is 751 g/mol. The zero-order chi connectivity index (χ0) is 26.8. The third-order valence-electron chi connectivity index (χ3n) is 6.15. The fraction of sp³-hybridized carbons (Fsp3) is 0.433. The molecule has 6 heteroatoms. The van der Waals surface area contributed by atoms with Crippen molar-refractivity contribution in [3.8, 4) is 0 Å². The van der Waals surface area contributed by atoms with Crippen LogP contribution in [0.1, 0.15) is 108 Å². The van der Waals surface area contributed by atoms with Gasteiger partial charge in [-0.15, -0.1) is 0 Å². The summed E-state index contributed by atoms with van der Waals surface area (Å²) in [6, 6.07) is 13.0. The molecular weight excluding hydrogens is 712 g/mol. The number of nitrogens with zero attached hydrogens (tertiary/aromatic N) is 3. The molecule has 0 spiro atoms. The van der Waals surface area contributed by atoms with Crippen LogP contribution in [0.3, 0.4) is 0 Å². The Kier molecular flexibility index (Phi) is 13.6. The van der Waals surface area contributed by atoms with Gasteiger partial charge in [-0.05, 0) is 45.9 Å². The van der Waals surface area contributed by atoms with E-state index < -0.39 is 0 Å². The number of allylic oxidation sites excluding steroid dienone is 2. The fourth-order valence-corrected chi connectivity index (χ4v) is 4.22. The number of halogens is 2. The molecule has 1 heterocycles. The number of rotatable bonds is 8. The van der Waals surface area contributed by atoms with Gasteiger partial charge in [0.2, 0.25) is 0 Å². The Morgan fingerprint density at radius 2 is 1.06 bits per heavy atom. The molecule has 0 fully saturated rings. The predicted molar refractivity (Wildman–Crippen MR) is 174 cm³/mol. The molecule has 3 rings (SSSR count). The summed E-state index contributed by atoms with van der Waals surface area (Å²) >= 11 is 4.55. The molecule has 0 aromatic heterocycles. The third-order valence-corrected chi connectivity index (χ3v) is 6.15. The third kappa shape index (κ3) is 8.88. The summed E-state index contributed by atoms with van der Waals surface area (Å²) < 4.78 is 0. The van der Waals surface area contributed by atoms with Gasteiger partial charge in [0, 0.05) is 12.6 Å². The van der Waals surface area contributed by atoms with Gasteiger partial charge >= 0.3 is 49.1 Å². The number of benzene rings is 2. The number of para-hydroxylation sites is 2. The SMILES string of the molecule is CC(C)c1cccc(C(C)C)c1N=CC1=CCC(C=Nc2c(C(C)C)cccc2C(C)C)=N1.[I][Fe][I]. The standard InChI is InChI=1S/C30H39N3.Fe.2HI/c1-19(2)25-11-9-12-26(20(3)4)29(25)31-17-23-15-16-24(33-23)18-32-30-27(21(5)6)13-10-14-28(30)22(7)8;;;/h9-15,17-22H,16H2,1-8H3;;2*1H/q;+2;;/p-2. The van der Waals surface area contributed by atoms with E-state index in [9.17, 15) is 0 Å². The number of hydrogen-bond donors (Lipinski definition) is 0. The van der Waals surface area contributed by atoms with Crippen molar-refractivity contribution in [2.24, 2.45) is 15.0 Å². The van der Waals surface area contributed by atoms with Crippen molar-refractivity contribution in [3.05, 3.63) is 70.4 Å². The van der Waals surface area contributed by atoms with Crippen LogP contribution in [0.2, 0.25) is 0 Å². The normalized spacial score (nSPS) is 13.9. The summed E-state index contributed by atoms with van der Waals surface area (Å²) in [5, 5.41) is 0. The van der Waals surface area contributed by atoms with Gasteiger partial charge < -0.3 is 0 Å². The maximum absolute atomic E-state index is 4.92. The van der Waals surface area contributed by atoms with Crippen LogP contribution in [-0.4, -0.2) is 18.1 Å². The summed E-state index contributed by atoms with van der Waals surface area (Å²) in [7, 11) is 1.19. The van der Waals surface area contributed by atoms with Gasteiger partial charge in [-0.3, -0.25) is 15.0 Å². The second kappa shape index (κ2) is 15.5. The van der Waals surface area contributed by atoms with Crippen molar-refractivity contribution in [2.45, 2.75) is 85.5 Å². The summed E-state index contributed by atoms with van der Waals surface area (Å²) in [5.74, 6) is 1.71. The van der Waals surface area contributed by atoms with Gasteiger partial charge in [-0.2, -0.15) is 0 Å². The molecular formula is C30H39FeI2N3. The molecule has 0 atom stereocenters. The van der Waals surface area contributed by atoms with Crippen molar-refractivity contribution in [1.82, 2.24) is 0 Å².